The van der Waals surface area contributed by atoms with Gasteiger partial charge in [0.15, 0.2) is 0 Å². The third-order valence-corrected chi connectivity index (χ3v) is 7.98. The summed E-state index contributed by atoms with van der Waals surface area (Å²) in [5.41, 5.74) is 4.04. The van der Waals surface area contributed by atoms with E-state index in [1.807, 2.05) is 24.3 Å². The highest BCUT2D eigenvalue weighted by molar-refractivity contribution is 6.30. The van der Waals surface area contributed by atoms with Gasteiger partial charge in [0.05, 0.1) is 0 Å². The molecular weight excluding hydrogens is 368 g/mol. The van der Waals surface area contributed by atoms with Gasteiger partial charge in [-0.25, -0.2) is 0 Å². The van der Waals surface area contributed by atoms with Crippen molar-refractivity contribution in [3.63, 3.8) is 0 Å². The predicted octanol–water partition coefficient (Wildman–Crippen LogP) is 6.34. The van der Waals surface area contributed by atoms with Gasteiger partial charge in [0.25, 0.3) is 0 Å². The number of aryl methyl sites for hydroxylation is 1. The van der Waals surface area contributed by atoms with E-state index in [9.17, 15) is 4.79 Å². The van der Waals surface area contributed by atoms with Gasteiger partial charge in [-0.1, -0.05) is 36.7 Å². The van der Waals surface area contributed by atoms with Crippen LogP contribution in [0.15, 0.2) is 42.5 Å². The molecule has 2 aromatic rings. The summed E-state index contributed by atoms with van der Waals surface area (Å²) >= 11 is 5.95. The topological polar surface area (TPSA) is 26.3 Å². The lowest BCUT2D eigenvalue weighted by Gasteiger charge is -2.48. The minimum atomic E-state index is -0.0414. The van der Waals surface area contributed by atoms with Crippen LogP contribution in [0, 0.1) is 17.3 Å². The fraction of sp³-hybridized carbons (Fsp3) is 0.480. The largest absolute Gasteiger partial charge is 0.489 e. The maximum absolute atomic E-state index is 12.5. The molecule has 146 valence electrons. The number of fused-ring (bicyclic) bond motifs is 5. The predicted molar refractivity (Wildman–Crippen MR) is 112 cm³/mol. The van der Waals surface area contributed by atoms with Crippen LogP contribution in [0.5, 0.6) is 5.75 Å². The van der Waals surface area contributed by atoms with E-state index in [1.54, 1.807) is 0 Å². The van der Waals surface area contributed by atoms with Gasteiger partial charge in [0.2, 0.25) is 0 Å². The highest BCUT2D eigenvalue weighted by Gasteiger charge is 2.54. The molecule has 0 spiro atoms. The Morgan fingerprint density at radius 3 is 2.71 bits per heavy atom. The summed E-state index contributed by atoms with van der Waals surface area (Å²) in [6.45, 7) is 2.80. The highest BCUT2D eigenvalue weighted by atomic mass is 35.5. The molecule has 2 fully saturated rings. The maximum Gasteiger partial charge on any atom is 0.139 e. The van der Waals surface area contributed by atoms with Crippen molar-refractivity contribution in [3.05, 3.63) is 64.2 Å². The van der Waals surface area contributed by atoms with Crippen LogP contribution in [0.25, 0.3) is 0 Å². The molecule has 0 unspecified atom stereocenters. The smallest absolute Gasteiger partial charge is 0.139 e. The summed E-state index contributed by atoms with van der Waals surface area (Å²) in [6, 6.07) is 14.5. The molecule has 0 aliphatic heterocycles. The first kappa shape index (κ1) is 18.2. The van der Waals surface area contributed by atoms with E-state index >= 15 is 0 Å². The second kappa shape index (κ2) is 6.91. The van der Waals surface area contributed by atoms with Gasteiger partial charge < -0.3 is 4.74 Å². The van der Waals surface area contributed by atoms with E-state index in [4.69, 9.17) is 16.3 Å². The average molecular weight is 395 g/mol. The fourth-order valence-electron chi connectivity index (χ4n) is 6.17. The molecule has 0 amide bonds. The summed E-state index contributed by atoms with van der Waals surface area (Å²) < 4.78 is 6.05. The van der Waals surface area contributed by atoms with Gasteiger partial charge in [0.1, 0.15) is 18.1 Å². The zero-order valence-corrected chi connectivity index (χ0v) is 17.2. The van der Waals surface area contributed by atoms with E-state index in [1.165, 1.54) is 17.5 Å². The number of ketones is 1. The molecule has 0 heterocycles. The number of benzene rings is 2. The third kappa shape index (κ3) is 2.97. The Morgan fingerprint density at radius 2 is 1.89 bits per heavy atom. The number of carbonyl (C=O) groups excluding carboxylic acids is 1. The fourth-order valence-corrected chi connectivity index (χ4v) is 6.29. The summed E-state index contributed by atoms with van der Waals surface area (Å²) in [6.07, 6.45) is 6.44. The van der Waals surface area contributed by atoms with Crippen molar-refractivity contribution in [2.24, 2.45) is 17.3 Å². The molecule has 2 aromatic carbocycles. The molecule has 3 heteroatoms. The zero-order valence-electron chi connectivity index (χ0n) is 16.4. The first-order valence-electron chi connectivity index (χ1n) is 10.6. The third-order valence-electron chi connectivity index (χ3n) is 7.73. The molecule has 4 atom stereocenters. The van der Waals surface area contributed by atoms with Crippen LogP contribution in [0.1, 0.15) is 61.6 Å². The molecule has 5 rings (SSSR count). The lowest BCUT2D eigenvalue weighted by molar-refractivity contribution is -0.129. The van der Waals surface area contributed by atoms with Crippen molar-refractivity contribution < 1.29 is 9.53 Å². The first-order chi connectivity index (χ1) is 13.5. The number of halogens is 1. The van der Waals surface area contributed by atoms with E-state index in [0.29, 0.717) is 30.1 Å². The van der Waals surface area contributed by atoms with Crippen LogP contribution >= 0.6 is 11.6 Å². The molecule has 0 radical (unpaired) electrons. The van der Waals surface area contributed by atoms with Gasteiger partial charge >= 0.3 is 0 Å². The number of hydrogen-bond acceptors (Lipinski definition) is 2. The first-order valence-corrected chi connectivity index (χ1v) is 11.0. The van der Waals surface area contributed by atoms with Crippen molar-refractivity contribution in [3.8, 4) is 5.75 Å². The number of hydrogen-bond donors (Lipinski definition) is 0. The van der Waals surface area contributed by atoms with Gasteiger partial charge in [-0.05, 0) is 90.8 Å². The van der Waals surface area contributed by atoms with Crippen LogP contribution < -0.4 is 4.74 Å². The lowest BCUT2D eigenvalue weighted by Crippen LogP contribution is -2.42. The number of rotatable bonds is 3. The van der Waals surface area contributed by atoms with Crippen LogP contribution in [0.3, 0.4) is 0 Å². The molecule has 0 aromatic heterocycles. The SMILES string of the molecule is C[C@]12CC[C@H]3c4ccc(OCc5ccc(Cl)cc5)cc4CC[C@@H]3[C@@H]1CCC2=O. The van der Waals surface area contributed by atoms with Gasteiger partial charge in [-0.2, -0.15) is 0 Å². The molecule has 0 N–H and O–H groups in total. The van der Waals surface area contributed by atoms with Crippen LogP contribution in [-0.4, -0.2) is 5.78 Å². The van der Waals surface area contributed by atoms with Gasteiger partial charge in [-0.15, -0.1) is 0 Å². The molecule has 28 heavy (non-hydrogen) atoms. The Labute approximate surface area is 172 Å². The van der Waals surface area contributed by atoms with Crippen LogP contribution in [0.4, 0.5) is 0 Å². The summed E-state index contributed by atoms with van der Waals surface area (Å²) in [5, 5.41) is 0.750. The van der Waals surface area contributed by atoms with Crippen molar-refractivity contribution in [2.75, 3.05) is 0 Å². The minimum Gasteiger partial charge on any atom is -0.489 e. The molecular formula is C25H27ClO2. The van der Waals surface area contributed by atoms with Crippen molar-refractivity contribution >= 4 is 17.4 Å². The van der Waals surface area contributed by atoms with E-state index in [2.05, 4.69) is 25.1 Å². The Morgan fingerprint density at radius 1 is 1.07 bits per heavy atom. The van der Waals surface area contributed by atoms with Crippen LogP contribution in [0.2, 0.25) is 5.02 Å². The highest BCUT2D eigenvalue weighted by Crippen LogP contribution is 2.59. The number of ether oxygens (including phenoxy) is 1. The van der Waals surface area contributed by atoms with E-state index < -0.39 is 0 Å². The monoisotopic (exact) mass is 394 g/mol. The minimum absolute atomic E-state index is 0.0414. The zero-order chi connectivity index (χ0) is 19.3. The quantitative estimate of drug-likeness (QED) is 0.606. The summed E-state index contributed by atoms with van der Waals surface area (Å²) in [7, 11) is 0. The Kier molecular flexibility index (Phi) is 4.50. The standard InChI is InChI=1S/C25H27ClO2/c1-25-13-12-21-20-9-7-19(28-15-16-2-5-18(26)6-3-16)14-17(20)4-8-22(21)23(25)10-11-24(25)27/h2-3,5-7,9,14,21-23H,4,8,10-13,15H2,1H3/t21-,22-,23-,25-/m0/s1. The molecule has 2 saturated carbocycles. The van der Waals surface area contributed by atoms with Crippen molar-refractivity contribution in [1.82, 2.24) is 0 Å². The summed E-state index contributed by atoms with van der Waals surface area (Å²) in [4.78, 5) is 12.5. The number of Topliss-reactive ketones (excluding diaryl/α,β-unsaturated/α-hetero) is 1. The van der Waals surface area contributed by atoms with Gasteiger partial charge in [-0.3, -0.25) is 4.79 Å². The maximum atomic E-state index is 12.5. The molecule has 3 aliphatic carbocycles. The molecule has 2 nitrogen and oxygen atoms in total. The van der Waals surface area contributed by atoms with Crippen LogP contribution in [-0.2, 0) is 17.8 Å². The Hall–Kier alpha value is -1.80. The molecule has 0 saturated heterocycles. The second-order valence-corrected chi connectivity index (χ2v) is 9.55. The lowest BCUT2D eigenvalue weighted by atomic mass is 9.55. The normalized spacial score (nSPS) is 31.1. The van der Waals surface area contributed by atoms with E-state index in [-0.39, 0.29) is 5.41 Å². The Balaban J connectivity index is 1.33. The second-order valence-electron chi connectivity index (χ2n) is 9.11. The Bertz CT molecular complexity index is 903. The number of carbonyl (C=O) groups is 1. The van der Waals surface area contributed by atoms with Crippen molar-refractivity contribution in [1.29, 1.82) is 0 Å². The van der Waals surface area contributed by atoms with Crippen molar-refractivity contribution in [2.45, 2.75) is 58.0 Å². The molecule has 0 bridgehead atoms. The van der Waals surface area contributed by atoms with Gasteiger partial charge in [0, 0.05) is 16.9 Å². The molecule has 3 aliphatic rings. The van der Waals surface area contributed by atoms with E-state index in [0.717, 1.165) is 48.4 Å². The average Bonchev–Trinajstić information content (AvgIpc) is 3.02. The summed E-state index contributed by atoms with van der Waals surface area (Å²) in [5.74, 6) is 3.36.